The average molecular weight is 373 g/mol. The van der Waals surface area contributed by atoms with E-state index in [1.165, 1.54) is 11.3 Å². The third-order valence-corrected chi connectivity index (χ3v) is 6.07. The first-order valence-corrected chi connectivity index (χ1v) is 10.3. The van der Waals surface area contributed by atoms with Gasteiger partial charge in [-0.05, 0) is 61.9 Å². The summed E-state index contributed by atoms with van der Waals surface area (Å²) in [5.74, 6) is 2.51. The summed E-state index contributed by atoms with van der Waals surface area (Å²) in [7, 11) is 0. The Morgan fingerprint density at radius 2 is 2.08 bits per heavy atom. The van der Waals surface area contributed by atoms with Crippen molar-refractivity contribution in [2.45, 2.75) is 26.2 Å². The predicted molar refractivity (Wildman–Crippen MR) is 108 cm³/mol. The molecule has 0 radical (unpaired) electrons. The number of nitrogens with zero attached hydrogens (tertiary/aromatic N) is 1. The highest BCUT2D eigenvalue weighted by molar-refractivity contribution is 8.00. The van der Waals surface area contributed by atoms with Gasteiger partial charge in [-0.1, -0.05) is 24.1 Å². The van der Waals surface area contributed by atoms with Gasteiger partial charge in [0.1, 0.15) is 11.6 Å². The molecule has 0 saturated carbocycles. The molecule has 5 heteroatoms. The Kier molecular flexibility index (Phi) is 5.25. The zero-order valence-electron chi connectivity index (χ0n) is 15.1. The fraction of sp³-hybridized carbons (Fsp3) is 0.429. The van der Waals surface area contributed by atoms with Crippen molar-refractivity contribution in [2.24, 2.45) is 5.92 Å². The molecule has 0 spiro atoms. The van der Waals surface area contributed by atoms with Crippen molar-refractivity contribution in [3.8, 4) is 5.75 Å². The van der Waals surface area contributed by atoms with E-state index in [2.05, 4.69) is 27.8 Å². The molecule has 0 aromatic heterocycles. The minimum atomic E-state index is -0.110. The molecule has 2 aromatic carbocycles. The molecule has 2 aromatic rings. The molecule has 2 aliphatic rings. The van der Waals surface area contributed by atoms with E-state index >= 15 is 0 Å². The number of rotatable bonds is 4. The summed E-state index contributed by atoms with van der Waals surface area (Å²) in [6.45, 7) is 4.44. The van der Waals surface area contributed by atoms with Crippen LogP contribution in [0.25, 0.3) is 0 Å². The summed E-state index contributed by atoms with van der Waals surface area (Å²) in [5.41, 5.74) is 4.18. The Morgan fingerprint density at radius 1 is 1.23 bits per heavy atom. The lowest BCUT2D eigenvalue weighted by Gasteiger charge is -2.34. The van der Waals surface area contributed by atoms with E-state index in [-0.39, 0.29) is 5.82 Å². The number of piperidine rings is 1. The van der Waals surface area contributed by atoms with Gasteiger partial charge in [0.05, 0.1) is 18.0 Å². The molecular formula is C21H25FN2OS. The number of hydrogen-bond acceptors (Lipinski definition) is 4. The van der Waals surface area contributed by atoms with Crippen LogP contribution in [0.1, 0.15) is 24.0 Å². The third-order valence-electron chi connectivity index (χ3n) is 5.30. The quantitative estimate of drug-likeness (QED) is 0.760. The maximum atomic E-state index is 14.2. The molecule has 0 unspecified atom stereocenters. The number of halogens is 1. The molecule has 1 fully saturated rings. The van der Waals surface area contributed by atoms with E-state index in [1.54, 1.807) is 18.0 Å². The Hall–Kier alpha value is -1.88. The summed E-state index contributed by atoms with van der Waals surface area (Å²) in [6, 6.07) is 11.8. The third kappa shape index (κ3) is 3.78. The van der Waals surface area contributed by atoms with Gasteiger partial charge in [-0.3, -0.25) is 0 Å². The van der Waals surface area contributed by atoms with Crippen LogP contribution in [-0.2, 0) is 6.42 Å². The van der Waals surface area contributed by atoms with Crippen molar-refractivity contribution in [2.75, 3.05) is 35.1 Å². The van der Waals surface area contributed by atoms with Crippen LogP contribution in [0.2, 0.25) is 0 Å². The summed E-state index contributed by atoms with van der Waals surface area (Å²) in [5, 5.41) is 0. The molecule has 2 aliphatic heterocycles. The van der Waals surface area contributed by atoms with Crippen LogP contribution in [0.4, 0.5) is 15.8 Å². The molecular weight excluding hydrogens is 347 g/mol. The van der Waals surface area contributed by atoms with E-state index in [0.717, 1.165) is 61.7 Å². The number of fused-ring (bicyclic) bond motifs is 1. The highest BCUT2D eigenvalue weighted by Gasteiger charge is 2.22. The van der Waals surface area contributed by atoms with Gasteiger partial charge >= 0.3 is 0 Å². The Balaban J connectivity index is 1.33. The lowest BCUT2D eigenvalue weighted by molar-refractivity contribution is 0.221. The molecule has 1 N–H and O–H groups in total. The molecule has 138 valence electrons. The Labute approximate surface area is 159 Å². The van der Waals surface area contributed by atoms with E-state index in [9.17, 15) is 4.39 Å². The van der Waals surface area contributed by atoms with Gasteiger partial charge in [-0.15, -0.1) is 0 Å². The van der Waals surface area contributed by atoms with Crippen LogP contribution >= 0.6 is 11.9 Å². The van der Waals surface area contributed by atoms with E-state index in [1.807, 2.05) is 19.1 Å². The molecule has 4 rings (SSSR count). The van der Waals surface area contributed by atoms with Crippen molar-refractivity contribution in [1.29, 1.82) is 0 Å². The molecule has 2 heterocycles. The maximum absolute atomic E-state index is 14.2. The standard InChI is InChI=1S/C21H25FN2OS/c1-15-5-6-20(18(22)13-15)24-10-7-16(8-11-24)14-25-21-4-2-3-19-17(21)9-12-26-23-19/h2-6,13,16,23H,7-12,14H2,1H3. The lowest BCUT2D eigenvalue weighted by Crippen LogP contribution is -2.36. The highest BCUT2D eigenvalue weighted by atomic mass is 32.2. The first kappa shape index (κ1) is 17.5. The topological polar surface area (TPSA) is 24.5 Å². The maximum Gasteiger partial charge on any atom is 0.146 e. The van der Waals surface area contributed by atoms with E-state index in [4.69, 9.17) is 4.74 Å². The summed E-state index contributed by atoms with van der Waals surface area (Å²) in [4.78, 5) is 2.16. The first-order valence-electron chi connectivity index (χ1n) is 9.34. The van der Waals surface area contributed by atoms with Gasteiger partial charge in [0, 0.05) is 24.4 Å². The van der Waals surface area contributed by atoms with Crippen LogP contribution in [0.5, 0.6) is 5.75 Å². The highest BCUT2D eigenvalue weighted by Crippen LogP contribution is 2.34. The van der Waals surface area contributed by atoms with Crippen LogP contribution in [-0.4, -0.2) is 25.4 Å². The van der Waals surface area contributed by atoms with Gasteiger partial charge in [0.15, 0.2) is 0 Å². The minimum absolute atomic E-state index is 0.110. The number of aryl methyl sites for hydroxylation is 1. The first-order chi connectivity index (χ1) is 12.7. The van der Waals surface area contributed by atoms with Gasteiger partial charge < -0.3 is 14.4 Å². The fourth-order valence-electron chi connectivity index (χ4n) is 3.75. The Morgan fingerprint density at radius 3 is 2.88 bits per heavy atom. The van der Waals surface area contributed by atoms with Gasteiger partial charge in [-0.25, -0.2) is 4.39 Å². The molecule has 3 nitrogen and oxygen atoms in total. The average Bonchev–Trinajstić information content (AvgIpc) is 2.67. The van der Waals surface area contributed by atoms with Crippen molar-refractivity contribution < 1.29 is 9.13 Å². The molecule has 0 bridgehead atoms. The Bertz CT molecular complexity index is 775. The number of hydrogen-bond donors (Lipinski definition) is 1. The predicted octanol–water partition coefficient (Wildman–Crippen LogP) is 5.05. The smallest absolute Gasteiger partial charge is 0.146 e. The molecule has 26 heavy (non-hydrogen) atoms. The van der Waals surface area contributed by atoms with E-state index in [0.29, 0.717) is 5.92 Å². The molecule has 0 atom stereocenters. The minimum Gasteiger partial charge on any atom is -0.493 e. The lowest BCUT2D eigenvalue weighted by atomic mass is 9.97. The van der Waals surface area contributed by atoms with Crippen LogP contribution < -0.4 is 14.4 Å². The van der Waals surface area contributed by atoms with E-state index < -0.39 is 0 Å². The van der Waals surface area contributed by atoms with Crippen LogP contribution in [0.15, 0.2) is 36.4 Å². The largest absolute Gasteiger partial charge is 0.493 e. The summed E-state index contributed by atoms with van der Waals surface area (Å²) in [6.07, 6.45) is 3.13. The number of nitrogens with one attached hydrogen (secondary N) is 1. The molecule has 1 saturated heterocycles. The zero-order valence-corrected chi connectivity index (χ0v) is 15.9. The second-order valence-corrected chi connectivity index (χ2v) is 8.08. The second kappa shape index (κ2) is 7.78. The van der Waals surface area contributed by atoms with Crippen molar-refractivity contribution in [3.05, 3.63) is 53.3 Å². The van der Waals surface area contributed by atoms with Crippen LogP contribution in [0.3, 0.4) is 0 Å². The van der Waals surface area contributed by atoms with Gasteiger partial charge in [0.2, 0.25) is 0 Å². The summed E-state index contributed by atoms with van der Waals surface area (Å²) < 4.78 is 23.7. The zero-order chi connectivity index (χ0) is 17.9. The number of benzene rings is 2. The number of ether oxygens (including phenoxy) is 1. The molecule has 0 amide bonds. The number of anilines is 2. The monoisotopic (exact) mass is 372 g/mol. The van der Waals surface area contributed by atoms with Gasteiger partial charge in [-0.2, -0.15) is 0 Å². The normalized spacial score (nSPS) is 17.5. The van der Waals surface area contributed by atoms with Crippen molar-refractivity contribution in [1.82, 2.24) is 0 Å². The fourth-order valence-corrected chi connectivity index (χ4v) is 4.51. The van der Waals surface area contributed by atoms with Crippen LogP contribution in [0, 0.1) is 18.7 Å². The second-order valence-electron chi connectivity index (χ2n) is 7.18. The van der Waals surface area contributed by atoms with Crippen molar-refractivity contribution >= 4 is 23.3 Å². The van der Waals surface area contributed by atoms with Crippen molar-refractivity contribution in [3.63, 3.8) is 0 Å². The van der Waals surface area contributed by atoms with Gasteiger partial charge in [0.25, 0.3) is 0 Å². The SMILES string of the molecule is Cc1ccc(N2CCC(COc3cccc4c3CCSN4)CC2)c(F)c1. The molecule has 0 aliphatic carbocycles. The summed E-state index contributed by atoms with van der Waals surface area (Å²) >= 11 is 1.75.